The average Bonchev–Trinajstić information content (AvgIpc) is 2.93. The third kappa shape index (κ3) is 3.04. The van der Waals surface area contributed by atoms with E-state index in [9.17, 15) is 4.79 Å². The summed E-state index contributed by atoms with van der Waals surface area (Å²) in [7, 11) is 1.84. The first-order valence-corrected chi connectivity index (χ1v) is 8.01. The SMILES string of the molecule is Cn1cc(C(N)C(=O)C2CCOC3(CCCCC3)C2)cn1. The van der Waals surface area contributed by atoms with Crippen molar-refractivity contribution >= 4 is 5.78 Å². The van der Waals surface area contributed by atoms with Gasteiger partial charge in [-0.2, -0.15) is 5.10 Å². The molecule has 2 unspecified atom stereocenters. The van der Waals surface area contributed by atoms with Crippen LogP contribution in [0, 0.1) is 5.92 Å². The minimum Gasteiger partial charge on any atom is -0.375 e. The van der Waals surface area contributed by atoms with E-state index in [0.29, 0.717) is 6.61 Å². The second kappa shape index (κ2) is 5.89. The van der Waals surface area contributed by atoms with Crippen LogP contribution in [0.15, 0.2) is 12.4 Å². The number of aromatic nitrogens is 2. The Bertz CT molecular complexity index is 500. The summed E-state index contributed by atoms with van der Waals surface area (Å²) in [5.74, 6) is 0.184. The van der Waals surface area contributed by atoms with Crippen molar-refractivity contribution in [1.82, 2.24) is 9.78 Å². The molecule has 0 bridgehead atoms. The number of nitrogens with zero attached hydrogens (tertiary/aromatic N) is 2. The summed E-state index contributed by atoms with van der Waals surface area (Å²) in [5, 5.41) is 4.11. The van der Waals surface area contributed by atoms with Crippen LogP contribution in [0.4, 0.5) is 0 Å². The van der Waals surface area contributed by atoms with E-state index in [1.807, 2.05) is 13.2 Å². The number of aryl methyl sites for hydroxylation is 1. The Morgan fingerprint density at radius 1 is 1.48 bits per heavy atom. The fraction of sp³-hybridized carbons (Fsp3) is 0.750. The van der Waals surface area contributed by atoms with Gasteiger partial charge in [-0.25, -0.2) is 0 Å². The van der Waals surface area contributed by atoms with Crippen LogP contribution in [0.1, 0.15) is 56.6 Å². The van der Waals surface area contributed by atoms with Gasteiger partial charge in [0.1, 0.15) is 0 Å². The molecule has 0 amide bonds. The molecule has 1 saturated heterocycles. The van der Waals surface area contributed by atoms with E-state index in [4.69, 9.17) is 10.5 Å². The van der Waals surface area contributed by atoms with E-state index in [0.717, 1.165) is 31.2 Å². The Morgan fingerprint density at radius 2 is 2.24 bits per heavy atom. The summed E-state index contributed by atoms with van der Waals surface area (Å²) >= 11 is 0. The van der Waals surface area contributed by atoms with Crippen LogP contribution in [-0.2, 0) is 16.6 Å². The van der Waals surface area contributed by atoms with Crippen molar-refractivity contribution in [2.45, 2.75) is 56.6 Å². The number of ether oxygens (including phenoxy) is 1. The van der Waals surface area contributed by atoms with Gasteiger partial charge < -0.3 is 10.5 Å². The molecule has 1 spiro atoms. The van der Waals surface area contributed by atoms with Crippen molar-refractivity contribution < 1.29 is 9.53 Å². The van der Waals surface area contributed by atoms with E-state index in [1.165, 1.54) is 19.3 Å². The first kappa shape index (κ1) is 14.7. The van der Waals surface area contributed by atoms with E-state index < -0.39 is 6.04 Å². The first-order valence-electron chi connectivity index (χ1n) is 8.01. The summed E-state index contributed by atoms with van der Waals surface area (Å²) in [6, 6.07) is -0.553. The molecule has 1 aromatic rings. The monoisotopic (exact) mass is 291 g/mol. The van der Waals surface area contributed by atoms with Crippen LogP contribution in [0.3, 0.4) is 0 Å². The molecule has 2 heterocycles. The Hall–Kier alpha value is -1.20. The minimum absolute atomic E-state index is 0.0343. The van der Waals surface area contributed by atoms with Gasteiger partial charge in [0, 0.05) is 31.3 Å². The van der Waals surface area contributed by atoms with Gasteiger partial charge in [-0.1, -0.05) is 19.3 Å². The molecule has 1 aliphatic carbocycles. The van der Waals surface area contributed by atoms with Crippen molar-refractivity contribution in [3.8, 4) is 0 Å². The predicted molar refractivity (Wildman–Crippen MR) is 79.6 cm³/mol. The quantitative estimate of drug-likeness (QED) is 0.926. The third-order valence-electron chi connectivity index (χ3n) is 5.05. The van der Waals surface area contributed by atoms with Gasteiger partial charge >= 0.3 is 0 Å². The number of rotatable bonds is 3. The first-order chi connectivity index (χ1) is 10.1. The van der Waals surface area contributed by atoms with Gasteiger partial charge in [0.05, 0.1) is 17.8 Å². The Balaban J connectivity index is 1.69. The summed E-state index contributed by atoms with van der Waals surface area (Å²) in [6.07, 6.45) is 11.1. The van der Waals surface area contributed by atoms with Crippen molar-refractivity contribution in [1.29, 1.82) is 0 Å². The maximum atomic E-state index is 12.7. The lowest BCUT2D eigenvalue weighted by Gasteiger charge is -2.43. The highest BCUT2D eigenvalue weighted by Gasteiger charge is 2.41. The summed E-state index contributed by atoms with van der Waals surface area (Å²) in [6.45, 7) is 0.691. The lowest BCUT2D eigenvalue weighted by Crippen LogP contribution is -2.44. The molecule has 1 aliphatic heterocycles. The number of carbonyl (C=O) groups is 1. The molecule has 2 aliphatic rings. The Labute approximate surface area is 125 Å². The largest absolute Gasteiger partial charge is 0.375 e. The molecule has 2 atom stereocenters. The maximum Gasteiger partial charge on any atom is 0.157 e. The van der Waals surface area contributed by atoms with Crippen LogP contribution < -0.4 is 5.73 Å². The van der Waals surface area contributed by atoms with Crippen molar-refractivity contribution in [3.05, 3.63) is 18.0 Å². The molecule has 3 rings (SSSR count). The van der Waals surface area contributed by atoms with Gasteiger partial charge in [0.15, 0.2) is 5.78 Å². The second-order valence-electron chi connectivity index (χ2n) is 6.61. The molecule has 5 heteroatoms. The lowest BCUT2D eigenvalue weighted by atomic mass is 9.74. The molecular weight excluding hydrogens is 266 g/mol. The predicted octanol–water partition coefficient (Wildman–Crippen LogP) is 2.12. The zero-order chi connectivity index (χ0) is 14.9. The summed E-state index contributed by atoms with van der Waals surface area (Å²) < 4.78 is 7.76. The van der Waals surface area contributed by atoms with Gasteiger partial charge in [0.25, 0.3) is 0 Å². The minimum atomic E-state index is -0.553. The van der Waals surface area contributed by atoms with E-state index >= 15 is 0 Å². The highest BCUT2D eigenvalue weighted by atomic mass is 16.5. The van der Waals surface area contributed by atoms with E-state index in [2.05, 4.69) is 5.10 Å². The van der Waals surface area contributed by atoms with Gasteiger partial charge in [0.2, 0.25) is 0 Å². The Kier molecular flexibility index (Phi) is 4.13. The molecule has 0 radical (unpaired) electrons. The van der Waals surface area contributed by atoms with Gasteiger partial charge in [-0.05, 0) is 25.7 Å². The highest BCUT2D eigenvalue weighted by molar-refractivity contribution is 5.87. The number of hydrogen-bond acceptors (Lipinski definition) is 4. The zero-order valence-electron chi connectivity index (χ0n) is 12.8. The normalized spacial score (nSPS) is 26.7. The van der Waals surface area contributed by atoms with Crippen LogP contribution in [0.5, 0.6) is 0 Å². The van der Waals surface area contributed by atoms with Gasteiger partial charge in [-0.15, -0.1) is 0 Å². The molecule has 2 fully saturated rings. The topological polar surface area (TPSA) is 70.1 Å². The fourth-order valence-electron chi connectivity index (χ4n) is 3.83. The number of nitrogens with two attached hydrogens (primary N) is 1. The lowest BCUT2D eigenvalue weighted by molar-refractivity contribution is -0.144. The maximum absolute atomic E-state index is 12.7. The number of carbonyl (C=O) groups excluding carboxylic acids is 1. The van der Waals surface area contributed by atoms with Crippen molar-refractivity contribution in [2.24, 2.45) is 18.7 Å². The zero-order valence-corrected chi connectivity index (χ0v) is 12.8. The fourth-order valence-corrected chi connectivity index (χ4v) is 3.83. The standard InChI is InChI=1S/C16H25N3O2/c1-19-11-13(10-18-19)14(17)15(20)12-5-8-21-16(9-12)6-3-2-4-7-16/h10-12,14H,2-9,17H2,1H3. The molecule has 0 aromatic carbocycles. The van der Waals surface area contributed by atoms with E-state index in [1.54, 1.807) is 10.9 Å². The van der Waals surface area contributed by atoms with Crippen LogP contribution in [0.25, 0.3) is 0 Å². The molecular formula is C16H25N3O2. The van der Waals surface area contributed by atoms with Gasteiger partial charge in [-0.3, -0.25) is 9.48 Å². The number of hydrogen-bond donors (Lipinski definition) is 1. The third-order valence-corrected chi connectivity index (χ3v) is 5.05. The number of Topliss-reactive ketones (excluding diaryl/α,β-unsaturated/α-hetero) is 1. The molecule has 1 aromatic heterocycles. The molecule has 1 saturated carbocycles. The molecule has 116 valence electrons. The molecule has 21 heavy (non-hydrogen) atoms. The van der Waals surface area contributed by atoms with Crippen molar-refractivity contribution in [2.75, 3.05) is 6.61 Å². The van der Waals surface area contributed by atoms with E-state index in [-0.39, 0.29) is 17.3 Å². The smallest absolute Gasteiger partial charge is 0.157 e. The highest BCUT2D eigenvalue weighted by Crippen LogP contribution is 2.41. The Morgan fingerprint density at radius 3 is 2.90 bits per heavy atom. The van der Waals surface area contributed by atoms with Crippen LogP contribution >= 0.6 is 0 Å². The average molecular weight is 291 g/mol. The second-order valence-corrected chi connectivity index (χ2v) is 6.61. The number of ketones is 1. The molecule has 5 nitrogen and oxygen atoms in total. The summed E-state index contributed by atoms with van der Waals surface area (Å²) in [5.41, 5.74) is 6.92. The van der Waals surface area contributed by atoms with Crippen molar-refractivity contribution in [3.63, 3.8) is 0 Å². The van der Waals surface area contributed by atoms with Crippen LogP contribution in [-0.4, -0.2) is 27.8 Å². The van der Waals surface area contributed by atoms with Crippen LogP contribution in [0.2, 0.25) is 0 Å². The summed E-state index contributed by atoms with van der Waals surface area (Å²) in [4.78, 5) is 12.7. The molecule has 2 N–H and O–H groups in total.